The minimum absolute atomic E-state index is 0.166. The molecular formula is C13H20FNO. The summed E-state index contributed by atoms with van der Waals surface area (Å²) in [5.74, 6) is 0.0575. The molecule has 0 saturated heterocycles. The molecule has 0 heterocycles. The maximum absolute atomic E-state index is 13.0. The molecule has 90 valence electrons. The lowest BCUT2D eigenvalue weighted by molar-refractivity contribution is 0.207. The Balaban J connectivity index is 2.51. The van der Waals surface area contributed by atoms with Crippen molar-refractivity contribution in [3.63, 3.8) is 0 Å². The minimum Gasteiger partial charge on any atom is -0.396 e. The monoisotopic (exact) mass is 225 g/mol. The first-order chi connectivity index (χ1) is 7.54. The molecule has 1 aromatic carbocycles. The molecule has 3 heteroatoms. The van der Waals surface area contributed by atoms with Gasteiger partial charge in [-0.3, -0.25) is 0 Å². The zero-order valence-corrected chi connectivity index (χ0v) is 10.1. The summed E-state index contributed by atoms with van der Waals surface area (Å²) in [4.78, 5) is 0. The van der Waals surface area contributed by atoms with Crippen molar-refractivity contribution in [2.45, 2.75) is 33.4 Å². The standard InChI is InChI=1S/C13H20FNO/c1-9-6-12(4-5-13(9)14)7-15-11(3)10(2)8-16/h4-6,10-11,15-16H,7-8H2,1-3H3. The van der Waals surface area contributed by atoms with Gasteiger partial charge in [-0.1, -0.05) is 19.1 Å². The fourth-order valence-corrected chi connectivity index (χ4v) is 1.45. The topological polar surface area (TPSA) is 32.3 Å². The van der Waals surface area contributed by atoms with Crippen LogP contribution in [0.2, 0.25) is 0 Å². The van der Waals surface area contributed by atoms with Crippen LogP contribution < -0.4 is 5.32 Å². The molecule has 2 nitrogen and oxygen atoms in total. The summed E-state index contributed by atoms with van der Waals surface area (Å²) in [6, 6.07) is 5.37. The van der Waals surface area contributed by atoms with E-state index < -0.39 is 0 Å². The van der Waals surface area contributed by atoms with Gasteiger partial charge in [-0.25, -0.2) is 4.39 Å². The molecule has 2 N–H and O–H groups in total. The van der Waals surface area contributed by atoms with E-state index in [0.717, 1.165) is 5.56 Å². The van der Waals surface area contributed by atoms with Crippen LogP contribution in [0.1, 0.15) is 25.0 Å². The van der Waals surface area contributed by atoms with E-state index in [1.54, 1.807) is 13.0 Å². The van der Waals surface area contributed by atoms with Crippen molar-refractivity contribution in [1.82, 2.24) is 5.32 Å². The average Bonchev–Trinajstić information content (AvgIpc) is 2.29. The van der Waals surface area contributed by atoms with Crippen LogP contribution in [0.15, 0.2) is 18.2 Å². The molecule has 2 atom stereocenters. The van der Waals surface area contributed by atoms with E-state index >= 15 is 0 Å². The predicted molar refractivity (Wildman–Crippen MR) is 63.7 cm³/mol. The largest absolute Gasteiger partial charge is 0.396 e. The van der Waals surface area contributed by atoms with Gasteiger partial charge in [0, 0.05) is 19.2 Å². The number of benzene rings is 1. The lowest BCUT2D eigenvalue weighted by Crippen LogP contribution is -2.33. The quantitative estimate of drug-likeness (QED) is 0.805. The number of aliphatic hydroxyl groups excluding tert-OH is 1. The zero-order chi connectivity index (χ0) is 12.1. The Kier molecular flexibility index (Phi) is 4.90. The lowest BCUT2D eigenvalue weighted by Gasteiger charge is -2.19. The van der Waals surface area contributed by atoms with Crippen molar-refractivity contribution in [3.8, 4) is 0 Å². The Bertz CT molecular complexity index is 341. The average molecular weight is 225 g/mol. The van der Waals surface area contributed by atoms with Crippen molar-refractivity contribution in [3.05, 3.63) is 35.1 Å². The molecule has 0 saturated carbocycles. The van der Waals surface area contributed by atoms with Gasteiger partial charge in [0.1, 0.15) is 5.82 Å². The van der Waals surface area contributed by atoms with Gasteiger partial charge in [0.25, 0.3) is 0 Å². The van der Waals surface area contributed by atoms with Crippen LogP contribution in [-0.4, -0.2) is 17.8 Å². The third-order valence-corrected chi connectivity index (χ3v) is 2.99. The summed E-state index contributed by atoms with van der Waals surface area (Å²) in [6.07, 6.45) is 0. The van der Waals surface area contributed by atoms with Gasteiger partial charge in [-0.15, -0.1) is 0 Å². The highest BCUT2D eigenvalue weighted by Crippen LogP contribution is 2.10. The first kappa shape index (κ1) is 13.1. The van der Waals surface area contributed by atoms with Crippen LogP contribution in [-0.2, 0) is 6.54 Å². The summed E-state index contributed by atoms with van der Waals surface area (Å²) in [6.45, 7) is 6.67. The molecule has 0 aliphatic carbocycles. The van der Waals surface area contributed by atoms with E-state index in [-0.39, 0.29) is 24.4 Å². The molecule has 0 fully saturated rings. The van der Waals surface area contributed by atoms with Crippen molar-refractivity contribution in [2.24, 2.45) is 5.92 Å². The van der Waals surface area contributed by atoms with Gasteiger partial charge in [0.2, 0.25) is 0 Å². The van der Waals surface area contributed by atoms with Crippen LogP contribution in [0.4, 0.5) is 4.39 Å². The molecule has 16 heavy (non-hydrogen) atoms. The number of hydrogen-bond donors (Lipinski definition) is 2. The Hall–Kier alpha value is -0.930. The zero-order valence-electron chi connectivity index (χ0n) is 10.1. The van der Waals surface area contributed by atoms with Crippen molar-refractivity contribution >= 4 is 0 Å². The van der Waals surface area contributed by atoms with E-state index in [2.05, 4.69) is 5.32 Å². The molecule has 0 radical (unpaired) electrons. The smallest absolute Gasteiger partial charge is 0.126 e. The highest BCUT2D eigenvalue weighted by Gasteiger charge is 2.10. The summed E-state index contributed by atoms with van der Waals surface area (Å²) in [5, 5.41) is 12.3. The second-order valence-electron chi connectivity index (χ2n) is 4.41. The van der Waals surface area contributed by atoms with Gasteiger partial charge < -0.3 is 10.4 Å². The molecule has 1 aromatic rings. The van der Waals surface area contributed by atoms with Gasteiger partial charge in [-0.05, 0) is 37.0 Å². The van der Waals surface area contributed by atoms with Crippen LogP contribution >= 0.6 is 0 Å². The summed E-state index contributed by atoms with van der Waals surface area (Å²) >= 11 is 0. The third-order valence-electron chi connectivity index (χ3n) is 2.99. The molecule has 0 amide bonds. The molecule has 0 aliphatic heterocycles. The number of aryl methyl sites for hydroxylation is 1. The Morgan fingerprint density at radius 3 is 2.62 bits per heavy atom. The second kappa shape index (κ2) is 5.97. The number of nitrogens with one attached hydrogen (secondary N) is 1. The highest BCUT2D eigenvalue weighted by atomic mass is 19.1. The van der Waals surface area contributed by atoms with E-state index in [9.17, 15) is 4.39 Å². The van der Waals surface area contributed by atoms with Crippen LogP contribution in [0, 0.1) is 18.7 Å². The number of aliphatic hydroxyl groups is 1. The summed E-state index contributed by atoms with van der Waals surface area (Å²) in [7, 11) is 0. The summed E-state index contributed by atoms with van der Waals surface area (Å²) in [5.41, 5.74) is 1.73. The van der Waals surface area contributed by atoms with Crippen molar-refractivity contribution in [1.29, 1.82) is 0 Å². The number of rotatable bonds is 5. The first-order valence-corrected chi connectivity index (χ1v) is 5.64. The molecule has 0 aromatic heterocycles. The normalized spacial score (nSPS) is 14.8. The highest BCUT2D eigenvalue weighted by molar-refractivity contribution is 5.23. The Morgan fingerprint density at radius 1 is 1.38 bits per heavy atom. The Morgan fingerprint density at radius 2 is 2.06 bits per heavy atom. The predicted octanol–water partition coefficient (Wildman–Crippen LogP) is 2.24. The number of hydrogen-bond acceptors (Lipinski definition) is 2. The maximum atomic E-state index is 13.0. The van der Waals surface area contributed by atoms with Crippen LogP contribution in [0.3, 0.4) is 0 Å². The number of halogens is 1. The Labute approximate surface area is 96.5 Å². The van der Waals surface area contributed by atoms with E-state index in [0.29, 0.717) is 12.1 Å². The van der Waals surface area contributed by atoms with Crippen molar-refractivity contribution in [2.75, 3.05) is 6.61 Å². The van der Waals surface area contributed by atoms with Crippen LogP contribution in [0.25, 0.3) is 0 Å². The fourth-order valence-electron chi connectivity index (χ4n) is 1.45. The molecule has 0 bridgehead atoms. The lowest BCUT2D eigenvalue weighted by atomic mass is 10.0. The maximum Gasteiger partial charge on any atom is 0.126 e. The SMILES string of the molecule is Cc1cc(CNC(C)C(C)CO)ccc1F. The van der Waals surface area contributed by atoms with E-state index in [4.69, 9.17) is 5.11 Å². The van der Waals surface area contributed by atoms with Gasteiger partial charge in [0.15, 0.2) is 0 Å². The van der Waals surface area contributed by atoms with Crippen molar-refractivity contribution < 1.29 is 9.50 Å². The molecule has 2 unspecified atom stereocenters. The van der Waals surface area contributed by atoms with E-state index in [1.807, 2.05) is 19.9 Å². The first-order valence-electron chi connectivity index (χ1n) is 5.64. The van der Waals surface area contributed by atoms with E-state index in [1.165, 1.54) is 6.07 Å². The fraction of sp³-hybridized carbons (Fsp3) is 0.538. The molecule has 0 aliphatic rings. The van der Waals surface area contributed by atoms with Gasteiger partial charge >= 0.3 is 0 Å². The third kappa shape index (κ3) is 3.58. The van der Waals surface area contributed by atoms with Gasteiger partial charge in [0.05, 0.1) is 0 Å². The second-order valence-corrected chi connectivity index (χ2v) is 4.41. The minimum atomic E-state index is -0.166. The van der Waals surface area contributed by atoms with Crippen LogP contribution in [0.5, 0.6) is 0 Å². The molecular weight excluding hydrogens is 205 g/mol. The summed E-state index contributed by atoms with van der Waals surface area (Å²) < 4.78 is 13.0. The molecule has 0 spiro atoms. The van der Waals surface area contributed by atoms with Gasteiger partial charge in [-0.2, -0.15) is 0 Å². The molecule has 1 rings (SSSR count).